The van der Waals surface area contributed by atoms with Crippen molar-refractivity contribution in [2.45, 2.75) is 18.9 Å². The van der Waals surface area contributed by atoms with Gasteiger partial charge in [-0.25, -0.2) is 4.98 Å². The number of thiazole rings is 1. The summed E-state index contributed by atoms with van der Waals surface area (Å²) in [5, 5.41) is 9.21. The third-order valence-electron chi connectivity index (χ3n) is 3.10. The van der Waals surface area contributed by atoms with E-state index in [0.29, 0.717) is 5.92 Å². The van der Waals surface area contributed by atoms with Gasteiger partial charge in [0.15, 0.2) is 0 Å². The van der Waals surface area contributed by atoms with E-state index in [0.717, 1.165) is 19.6 Å². The molecule has 16 heavy (non-hydrogen) atoms. The molecule has 2 aromatic heterocycles. The van der Waals surface area contributed by atoms with Crippen molar-refractivity contribution in [3.8, 4) is 0 Å². The van der Waals surface area contributed by atoms with Gasteiger partial charge in [-0.15, -0.1) is 11.3 Å². The Hall–Kier alpha value is -1.20. The first kappa shape index (κ1) is 9.99. The summed E-state index contributed by atoms with van der Waals surface area (Å²) < 4.78 is 0. The molecule has 1 atom stereocenters. The van der Waals surface area contributed by atoms with Gasteiger partial charge in [0.25, 0.3) is 0 Å². The Kier molecular flexibility index (Phi) is 2.71. The molecular weight excluding hydrogens is 220 g/mol. The Labute approximate surface area is 98.3 Å². The quantitative estimate of drug-likeness (QED) is 0.881. The second kappa shape index (κ2) is 4.35. The van der Waals surface area contributed by atoms with E-state index < -0.39 is 0 Å². The summed E-state index contributed by atoms with van der Waals surface area (Å²) in [5.41, 5.74) is 4.36. The molecule has 3 rings (SSSR count). The van der Waals surface area contributed by atoms with Crippen LogP contribution in [0.25, 0.3) is 0 Å². The van der Waals surface area contributed by atoms with Crippen molar-refractivity contribution in [2.75, 3.05) is 13.1 Å². The lowest BCUT2D eigenvalue weighted by Crippen LogP contribution is -2.19. The first-order valence-corrected chi connectivity index (χ1v) is 6.45. The highest BCUT2D eigenvalue weighted by Gasteiger charge is 2.24. The third kappa shape index (κ3) is 2.01. The molecule has 1 aliphatic heterocycles. The predicted molar refractivity (Wildman–Crippen MR) is 63.3 cm³/mol. The van der Waals surface area contributed by atoms with E-state index in [1.807, 2.05) is 11.7 Å². The van der Waals surface area contributed by atoms with Crippen molar-refractivity contribution in [2.24, 2.45) is 0 Å². The van der Waals surface area contributed by atoms with Crippen molar-refractivity contribution in [1.29, 1.82) is 0 Å². The average molecular weight is 234 g/mol. The molecule has 1 aliphatic rings. The summed E-state index contributed by atoms with van der Waals surface area (Å²) in [4.78, 5) is 6.78. The van der Waals surface area contributed by atoms with Crippen LogP contribution < -0.4 is 0 Å². The summed E-state index contributed by atoms with van der Waals surface area (Å²) in [5.74, 6) is 0.612. The monoisotopic (exact) mass is 234 g/mol. The van der Waals surface area contributed by atoms with Crippen LogP contribution in [0.3, 0.4) is 0 Å². The molecule has 1 unspecified atom stereocenters. The molecule has 0 aliphatic carbocycles. The summed E-state index contributed by atoms with van der Waals surface area (Å²) in [6.45, 7) is 3.25. The highest BCUT2D eigenvalue weighted by Crippen LogP contribution is 2.26. The molecular formula is C11H14N4S. The second-order valence-electron chi connectivity index (χ2n) is 4.21. The summed E-state index contributed by atoms with van der Waals surface area (Å²) in [7, 11) is 0. The molecule has 3 heterocycles. The average Bonchev–Trinajstić information content (AvgIpc) is 2.99. The lowest BCUT2D eigenvalue weighted by atomic mass is 10.1. The van der Waals surface area contributed by atoms with Gasteiger partial charge in [-0.05, 0) is 19.0 Å². The molecule has 84 valence electrons. The number of hydrogen-bond donors (Lipinski definition) is 1. The van der Waals surface area contributed by atoms with Crippen molar-refractivity contribution < 1.29 is 0 Å². The predicted octanol–water partition coefficient (Wildman–Crippen LogP) is 1.86. The topological polar surface area (TPSA) is 44.8 Å². The minimum absolute atomic E-state index is 0.612. The number of nitrogens with zero attached hydrogens (tertiary/aromatic N) is 3. The molecule has 0 radical (unpaired) electrons. The fraction of sp³-hybridized carbons (Fsp3) is 0.455. The lowest BCUT2D eigenvalue weighted by molar-refractivity contribution is 0.323. The van der Waals surface area contributed by atoms with Crippen LogP contribution >= 0.6 is 11.3 Å². The number of nitrogens with one attached hydrogen (secondary N) is 1. The van der Waals surface area contributed by atoms with Gasteiger partial charge in [0.2, 0.25) is 0 Å². The molecule has 1 saturated heterocycles. The Morgan fingerprint density at radius 1 is 1.56 bits per heavy atom. The molecule has 5 heteroatoms. The standard InChI is InChI=1S/C11H14N4S/c1-3-13-14-11(1)9-2-4-15(5-9)6-10-7-16-8-12-10/h1,3,7-9H,2,4-6H2,(H,13,14). The zero-order valence-corrected chi connectivity index (χ0v) is 9.78. The van der Waals surface area contributed by atoms with E-state index in [1.165, 1.54) is 17.8 Å². The van der Waals surface area contributed by atoms with Crippen LogP contribution in [-0.2, 0) is 6.54 Å². The normalized spacial score (nSPS) is 21.6. The molecule has 0 amide bonds. The van der Waals surface area contributed by atoms with Crippen LogP contribution in [0.15, 0.2) is 23.2 Å². The first-order chi connectivity index (χ1) is 7.92. The van der Waals surface area contributed by atoms with E-state index in [9.17, 15) is 0 Å². The molecule has 1 fully saturated rings. The van der Waals surface area contributed by atoms with Gasteiger partial charge in [0.05, 0.1) is 11.2 Å². The third-order valence-corrected chi connectivity index (χ3v) is 3.74. The highest BCUT2D eigenvalue weighted by molar-refractivity contribution is 7.07. The highest BCUT2D eigenvalue weighted by atomic mass is 32.1. The number of aromatic amines is 1. The maximum atomic E-state index is 4.32. The molecule has 1 N–H and O–H groups in total. The van der Waals surface area contributed by atoms with Crippen molar-refractivity contribution in [3.63, 3.8) is 0 Å². The van der Waals surface area contributed by atoms with Crippen molar-refractivity contribution >= 4 is 11.3 Å². The molecule has 0 spiro atoms. The zero-order chi connectivity index (χ0) is 10.8. The lowest BCUT2D eigenvalue weighted by Gasteiger charge is -2.13. The Bertz CT molecular complexity index is 423. The summed E-state index contributed by atoms with van der Waals surface area (Å²) in [6.07, 6.45) is 3.05. The summed E-state index contributed by atoms with van der Waals surface area (Å²) in [6, 6.07) is 2.08. The first-order valence-electron chi connectivity index (χ1n) is 5.50. The maximum Gasteiger partial charge on any atom is 0.0795 e. The van der Waals surface area contributed by atoms with Crippen LogP contribution in [0.5, 0.6) is 0 Å². The molecule has 0 bridgehead atoms. The molecule has 0 aromatic carbocycles. The Morgan fingerprint density at radius 3 is 3.31 bits per heavy atom. The summed E-state index contributed by atoms with van der Waals surface area (Å²) >= 11 is 1.67. The minimum Gasteiger partial charge on any atom is -0.297 e. The van der Waals surface area contributed by atoms with Crippen LogP contribution in [-0.4, -0.2) is 33.2 Å². The number of likely N-dealkylation sites (tertiary alicyclic amines) is 1. The van der Waals surface area contributed by atoms with Crippen LogP contribution in [0, 0.1) is 0 Å². The minimum atomic E-state index is 0.612. The van der Waals surface area contributed by atoms with E-state index in [2.05, 4.69) is 31.5 Å². The van der Waals surface area contributed by atoms with Gasteiger partial charge in [-0.1, -0.05) is 0 Å². The van der Waals surface area contributed by atoms with Crippen LogP contribution in [0.2, 0.25) is 0 Å². The van der Waals surface area contributed by atoms with Gasteiger partial charge in [0.1, 0.15) is 0 Å². The Balaban J connectivity index is 1.61. The smallest absolute Gasteiger partial charge is 0.0795 e. The largest absolute Gasteiger partial charge is 0.297 e. The molecule has 0 saturated carbocycles. The fourth-order valence-corrected chi connectivity index (χ4v) is 2.82. The van der Waals surface area contributed by atoms with Gasteiger partial charge < -0.3 is 0 Å². The fourth-order valence-electron chi connectivity index (χ4n) is 2.27. The number of rotatable bonds is 3. The van der Waals surface area contributed by atoms with Crippen molar-refractivity contribution in [1.82, 2.24) is 20.1 Å². The number of hydrogen-bond acceptors (Lipinski definition) is 4. The molecule has 2 aromatic rings. The van der Waals surface area contributed by atoms with Gasteiger partial charge in [-0.3, -0.25) is 10.00 Å². The van der Waals surface area contributed by atoms with Gasteiger partial charge in [0, 0.05) is 36.3 Å². The van der Waals surface area contributed by atoms with Crippen LogP contribution in [0.1, 0.15) is 23.7 Å². The van der Waals surface area contributed by atoms with Gasteiger partial charge in [-0.2, -0.15) is 5.10 Å². The van der Waals surface area contributed by atoms with Gasteiger partial charge >= 0.3 is 0 Å². The second-order valence-corrected chi connectivity index (χ2v) is 4.93. The number of aromatic nitrogens is 3. The SMILES string of the molecule is c1cc(C2CCN(Cc3cscn3)C2)[nH]n1. The molecule has 4 nitrogen and oxygen atoms in total. The van der Waals surface area contributed by atoms with Crippen molar-refractivity contribution in [3.05, 3.63) is 34.5 Å². The Morgan fingerprint density at radius 2 is 2.56 bits per heavy atom. The van der Waals surface area contributed by atoms with E-state index >= 15 is 0 Å². The number of H-pyrrole nitrogens is 1. The maximum absolute atomic E-state index is 4.32. The van der Waals surface area contributed by atoms with E-state index in [1.54, 1.807) is 11.3 Å². The van der Waals surface area contributed by atoms with E-state index in [-0.39, 0.29) is 0 Å². The zero-order valence-electron chi connectivity index (χ0n) is 8.97. The van der Waals surface area contributed by atoms with Crippen LogP contribution in [0.4, 0.5) is 0 Å². The van der Waals surface area contributed by atoms with E-state index in [4.69, 9.17) is 0 Å².